The van der Waals surface area contributed by atoms with E-state index in [-0.39, 0.29) is 24.4 Å². The van der Waals surface area contributed by atoms with Crippen LogP contribution in [0.25, 0.3) is 0 Å². The fourth-order valence-corrected chi connectivity index (χ4v) is 3.92. The number of amides is 3. The number of benzene rings is 2. The van der Waals surface area contributed by atoms with Crippen molar-refractivity contribution in [3.05, 3.63) is 59.7 Å². The summed E-state index contributed by atoms with van der Waals surface area (Å²) in [4.78, 5) is 26.7. The summed E-state index contributed by atoms with van der Waals surface area (Å²) in [6, 6.07) is 14.4. The number of ether oxygens (including phenoxy) is 1. The first kappa shape index (κ1) is 23.1. The Bertz CT molecular complexity index is 989. The van der Waals surface area contributed by atoms with Gasteiger partial charge in [0.05, 0.1) is 13.7 Å². The van der Waals surface area contributed by atoms with Crippen molar-refractivity contribution in [2.24, 2.45) is 5.92 Å². The normalized spacial score (nSPS) is 18.0. The number of methoxy groups -OCH3 is 1. The highest BCUT2D eigenvalue weighted by molar-refractivity contribution is 6.07. The number of nitrogens with zero attached hydrogens (tertiary/aromatic N) is 1. The third kappa shape index (κ3) is 5.57. The molecule has 1 aliphatic rings. The Morgan fingerprint density at radius 2 is 1.91 bits per heavy atom. The monoisotopic (exact) mass is 437 g/mol. The van der Waals surface area contributed by atoms with E-state index in [1.54, 1.807) is 13.2 Å². The molecule has 0 bridgehead atoms. The summed E-state index contributed by atoms with van der Waals surface area (Å²) in [5, 5.41) is 16.9. The molecule has 0 aliphatic carbocycles. The van der Waals surface area contributed by atoms with Gasteiger partial charge in [0.1, 0.15) is 11.3 Å². The van der Waals surface area contributed by atoms with E-state index in [0.717, 1.165) is 16.9 Å². The number of anilines is 1. The summed E-state index contributed by atoms with van der Waals surface area (Å²) >= 11 is 0. The molecule has 3 amide bonds. The molecule has 32 heavy (non-hydrogen) atoms. The number of hydrogen-bond acceptors (Lipinski definition) is 4. The molecule has 1 fully saturated rings. The maximum Gasteiger partial charge on any atom is 0.319 e. The van der Waals surface area contributed by atoms with Gasteiger partial charge in [-0.3, -0.25) is 15.1 Å². The summed E-state index contributed by atoms with van der Waals surface area (Å²) in [6.07, 6.45) is 0.653. The Hall–Kier alpha value is -3.55. The SMILES string of the molecule is COc1ccc(CNC(=O)Nc2cccc(CN3C(=N)NC(C)(CC(C)C)C3=O)c2)cc1. The van der Waals surface area contributed by atoms with E-state index in [0.29, 0.717) is 24.6 Å². The first-order valence-electron chi connectivity index (χ1n) is 10.7. The molecule has 0 saturated carbocycles. The highest BCUT2D eigenvalue weighted by Gasteiger charge is 2.45. The van der Waals surface area contributed by atoms with Crippen LogP contribution in [-0.4, -0.2) is 35.4 Å². The Labute approximate surface area is 188 Å². The average Bonchev–Trinajstić information content (AvgIpc) is 2.95. The molecule has 2 aromatic rings. The topological polar surface area (TPSA) is 107 Å². The first-order chi connectivity index (χ1) is 15.2. The molecule has 0 aromatic heterocycles. The number of nitrogens with one attached hydrogen (secondary N) is 4. The van der Waals surface area contributed by atoms with Gasteiger partial charge in [-0.1, -0.05) is 38.1 Å². The van der Waals surface area contributed by atoms with E-state index in [1.165, 1.54) is 4.90 Å². The third-order valence-corrected chi connectivity index (χ3v) is 5.34. The van der Waals surface area contributed by atoms with E-state index in [1.807, 2.05) is 49.4 Å². The lowest BCUT2D eigenvalue weighted by molar-refractivity contribution is -0.131. The van der Waals surface area contributed by atoms with Crippen LogP contribution in [0.3, 0.4) is 0 Å². The molecule has 4 N–H and O–H groups in total. The van der Waals surface area contributed by atoms with Gasteiger partial charge < -0.3 is 20.7 Å². The van der Waals surface area contributed by atoms with Crippen LogP contribution in [0, 0.1) is 11.3 Å². The number of carbonyl (C=O) groups is 2. The molecule has 8 nitrogen and oxygen atoms in total. The van der Waals surface area contributed by atoms with Gasteiger partial charge in [0.15, 0.2) is 5.96 Å². The Morgan fingerprint density at radius 1 is 1.19 bits per heavy atom. The van der Waals surface area contributed by atoms with Crippen LogP contribution in [0.5, 0.6) is 5.75 Å². The molecule has 1 atom stereocenters. The number of urea groups is 1. The number of carbonyl (C=O) groups excluding carboxylic acids is 2. The summed E-state index contributed by atoms with van der Waals surface area (Å²) in [6.45, 7) is 6.61. The molecule has 1 saturated heterocycles. The average molecular weight is 438 g/mol. The molecular weight excluding hydrogens is 406 g/mol. The van der Waals surface area contributed by atoms with Crippen molar-refractivity contribution in [3.8, 4) is 5.75 Å². The van der Waals surface area contributed by atoms with E-state index < -0.39 is 5.54 Å². The fraction of sp³-hybridized carbons (Fsp3) is 0.375. The molecule has 3 rings (SSSR count). The Kier molecular flexibility index (Phi) is 7.02. The van der Waals surface area contributed by atoms with E-state index in [4.69, 9.17) is 10.1 Å². The molecule has 0 radical (unpaired) electrons. The Balaban J connectivity index is 1.58. The standard InChI is InChI=1S/C24H31N5O3/c1-16(2)13-24(3)21(30)29(22(25)28-24)15-18-6-5-7-19(12-18)27-23(31)26-14-17-8-10-20(32-4)11-9-17/h5-12,16H,13-15H2,1-4H3,(H2,25,28)(H2,26,27,31). The van der Waals surface area contributed by atoms with Crippen LogP contribution in [0.2, 0.25) is 0 Å². The van der Waals surface area contributed by atoms with Crippen molar-refractivity contribution < 1.29 is 14.3 Å². The highest BCUT2D eigenvalue weighted by atomic mass is 16.5. The maximum absolute atomic E-state index is 12.9. The molecule has 1 aliphatic heterocycles. The summed E-state index contributed by atoms with van der Waals surface area (Å²) in [5.74, 6) is 1.09. The molecule has 8 heteroatoms. The van der Waals surface area contributed by atoms with Crippen LogP contribution in [0.15, 0.2) is 48.5 Å². The van der Waals surface area contributed by atoms with Crippen molar-refractivity contribution in [2.75, 3.05) is 12.4 Å². The highest BCUT2D eigenvalue weighted by Crippen LogP contribution is 2.26. The second-order valence-corrected chi connectivity index (χ2v) is 8.65. The van der Waals surface area contributed by atoms with Gasteiger partial charge in [-0.25, -0.2) is 4.79 Å². The second-order valence-electron chi connectivity index (χ2n) is 8.65. The van der Waals surface area contributed by atoms with Crippen LogP contribution in [-0.2, 0) is 17.9 Å². The summed E-state index contributed by atoms with van der Waals surface area (Å²) in [5.41, 5.74) is 1.64. The van der Waals surface area contributed by atoms with Crippen molar-refractivity contribution in [1.82, 2.24) is 15.5 Å². The predicted molar refractivity (Wildman–Crippen MR) is 125 cm³/mol. The molecule has 170 valence electrons. The zero-order valence-corrected chi connectivity index (χ0v) is 19.0. The third-order valence-electron chi connectivity index (χ3n) is 5.34. The van der Waals surface area contributed by atoms with E-state index in [9.17, 15) is 9.59 Å². The second kappa shape index (κ2) is 9.72. The number of guanidine groups is 1. The molecule has 1 unspecified atom stereocenters. The van der Waals surface area contributed by atoms with Gasteiger partial charge in [-0.05, 0) is 54.7 Å². The summed E-state index contributed by atoms with van der Waals surface area (Å²) in [7, 11) is 1.61. The minimum Gasteiger partial charge on any atom is -0.497 e. The van der Waals surface area contributed by atoms with Gasteiger partial charge in [0.25, 0.3) is 5.91 Å². The largest absolute Gasteiger partial charge is 0.497 e. The minimum absolute atomic E-state index is 0.105. The maximum atomic E-state index is 12.9. The molecule has 0 spiro atoms. The van der Waals surface area contributed by atoms with Crippen molar-refractivity contribution in [1.29, 1.82) is 5.41 Å². The van der Waals surface area contributed by atoms with Gasteiger partial charge >= 0.3 is 6.03 Å². The zero-order chi connectivity index (χ0) is 23.3. The molecular formula is C24H31N5O3. The van der Waals surface area contributed by atoms with Crippen molar-refractivity contribution in [3.63, 3.8) is 0 Å². The lowest BCUT2D eigenvalue weighted by Crippen LogP contribution is -2.44. The fourth-order valence-electron chi connectivity index (χ4n) is 3.92. The number of rotatable bonds is 8. The van der Waals surface area contributed by atoms with Crippen molar-refractivity contribution in [2.45, 2.75) is 45.8 Å². The van der Waals surface area contributed by atoms with E-state index in [2.05, 4.69) is 29.8 Å². The summed E-state index contributed by atoms with van der Waals surface area (Å²) < 4.78 is 5.13. The van der Waals surface area contributed by atoms with Crippen molar-refractivity contribution >= 4 is 23.6 Å². The van der Waals surface area contributed by atoms with Gasteiger partial charge in [-0.2, -0.15) is 0 Å². The van der Waals surface area contributed by atoms with Crippen LogP contribution in [0.1, 0.15) is 38.3 Å². The smallest absolute Gasteiger partial charge is 0.319 e. The quantitative estimate of drug-likeness (QED) is 0.505. The lowest BCUT2D eigenvalue weighted by Gasteiger charge is -2.24. The van der Waals surface area contributed by atoms with Gasteiger partial charge in [0, 0.05) is 12.2 Å². The zero-order valence-electron chi connectivity index (χ0n) is 19.0. The lowest BCUT2D eigenvalue weighted by atomic mass is 9.91. The van der Waals surface area contributed by atoms with Crippen LogP contribution >= 0.6 is 0 Å². The molecule has 1 heterocycles. The molecule has 2 aromatic carbocycles. The van der Waals surface area contributed by atoms with Gasteiger partial charge in [0.2, 0.25) is 0 Å². The van der Waals surface area contributed by atoms with Crippen LogP contribution in [0.4, 0.5) is 10.5 Å². The van der Waals surface area contributed by atoms with E-state index >= 15 is 0 Å². The first-order valence-corrected chi connectivity index (χ1v) is 10.7. The van der Waals surface area contributed by atoms with Crippen LogP contribution < -0.4 is 20.7 Å². The Morgan fingerprint density at radius 3 is 2.56 bits per heavy atom. The number of hydrogen-bond donors (Lipinski definition) is 4. The minimum atomic E-state index is -0.761. The predicted octanol–water partition coefficient (Wildman–Crippen LogP) is 3.69. The van der Waals surface area contributed by atoms with Gasteiger partial charge in [-0.15, -0.1) is 0 Å².